The average Bonchev–Trinajstić information content (AvgIpc) is 3.20. The third kappa shape index (κ3) is 3.82. The van der Waals surface area contributed by atoms with Crippen LogP contribution in [0.4, 0.5) is 15.9 Å². The number of anilines is 2. The molecule has 1 aliphatic rings. The highest BCUT2D eigenvalue weighted by molar-refractivity contribution is 7.98. The van der Waals surface area contributed by atoms with Crippen LogP contribution in [0.1, 0.15) is 5.56 Å². The van der Waals surface area contributed by atoms with Gasteiger partial charge in [-0.25, -0.2) is 14.4 Å². The fraction of sp³-hybridized carbons (Fsp3) is 0.0909. The van der Waals surface area contributed by atoms with Crippen LogP contribution in [-0.2, 0) is 5.75 Å². The van der Waals surface area contributed by atoms with Crippen LogP contribution >= 0.6 is 11.8 Å². The minimum absolute atomic E-state index is 0.232. The first kappa shape index (κ1) is 17.8. The Kier molecular flexibility index (Phi) is 4.65. The topological polar surface area (TPSA) is 56.3 Å². The molecule has 5 nitrogen and oxygen atoms in total. The van der Waals surface area contributed by atoms with Crippen molar-refractivity contribution in [2.45, 2.75) is 10.9 Å². The van der Waals surface area contributed by atoms with Gasteiger partial charge in [-0.1, -0.05) is 36.0 Å². The van der Waals surface area contributed by atoms with Crippen LogP contribution in [0.25, 0.3) is 10.9 Å². The predicted octanol–water partition coefficient (Wildman–Crippen LogP) is 5.53. The van der Waals surface area contributed by atoms with Crippen LogP contribution < -0.4 is 14.8 Å². The van der Waals surface area contributed by atoms with E-state index in [1.807, 2.05) is 48.5 Å². The summed E-state index contributed by atoms with van der Waals surface area (Å²) in [5.74, 6) is 2.48. The number of hydrogen-bond donors (Lipinski definition) is 1. The van der Waals surface area contributed by atoms with Gasteiger partial charge in [-0.05, 0) is 42.0 Å². The van der Waals surface area contributed by atoms with Crippen LogP contribution in [0.5, 0.6) is 11.5 Å². The van der Waals surface area contributed by atoms with Crippen LogP contribution in [0.3, 0.4) is 0 Å². The molecule has 7 heteroatoms. The molecule has 1 aromatic heterocycles. The number of benzene rings is 3. The number of nitrogens with one attached hydrogen (secondary N) is 1. The number of rotatable bonds is 5. The molecule has 3 aromatic carbocycles. The smallest absolute Gasteiger partial charge is 0.231 e. The van der Waals surface area contributed by atoms with E-state index in [9.17, 15) is 4.39 Å². The zero-order chi connectivity index (χ0) is 19.6. The Balaban J connectivity index is 1.45. The van der Waals surface area contributed by atoms with Crippen LogP contribution in [0.2, 0.25) is 0 Å². The molecule has 0 bridgehead atoms. The number of hydrogen-bond acceptors (Lipinski definition) is 6. The first-order valence-corrected chi connectivity index (χ1v) is 10.0. The van der Waals surface area contributed by atoms with E-state index >= 15 is 0 Å². The second-order valence-electron chi connectivity index (χ2n) is 6.48. The van der Waals surface area contributed by atoms with Crippen LogP contribution in [0.15, 0.2) is 71.9 Å². The third-order valence-corrected chi connectivity index (χ3v) is 5.39. The van der Waals surface area contributed by atoms with Gasteiger partial charge >= 0.3 is 0 Å². The number of nitrogens with zero attached hydrogens (tertiary/aromatic N) is 2. The van der Waals surface area contributed by atoms with Gasteiger partial charge in [0.25, 0.3) is 0 Å². The number of fused-ring (bicyclic) bond motifs is 2. The van der Waals surface area contributed by atoms with Crippen molar-refractivity contribution in [3.8, 4) is 11.5 Å². The fourth-order valence-electron chi connectivity index (χ4n) is 3.10. The molecule has 0 radical (unpaired) electrons. The van der Waals surface area contributed by atoms with Gasteiger partial charge in [0.1, 0.15) is 11.6 Å². The molecule has 1 aliphatic heterocycles. The van der Waals surface area contributed by atoms with Gasteiger partial charge in [0, 0.05) is 22.9 Å². The monoisotopic (exact) mass is 405 g/mol. The molecule has 0 amide bonds. The van der Waals surface area contributed by atoms with Crippen molar-refractivity contribution in [3.63, 3.8) is 0 Å². The van der Waals surface area contributed by atoms with Crippen molar-refractivity contribution in [2.75, 3.05) is 12.1 Å². The molecule has 5 rings (SSSR count). The molecular weight excluding hydrogens is 389 g/mol. The van der Waals surface area contributed by atoms with E-state index in [-0.39, 0.29) is 12.6 Å². The van der Waals surface area contributed by atoms with E-state index in [0.29, 0.717) is 22.5 Å². The largest absolute Gasteiger partial charge is 0.454 e. The number of thioether (sulfide) groups is 1. The number of ether oxygens (including phenoxy) is 2. The molecule has 0 unspecified atom stereocenters. The minimum atomic E-state index is -0.243. The van der Waals surface area contributed by atoms with Crippen molar-refractivity contribution in [3.05, 3.63) is 78.1 Å². The van der Waals surface area contributed by atoms with E-state index in [1.54, 1.807) is 6.07 Å². The maximum Gasteiger partial charge on any atom is 0.231 e. The minimum Gasteiger partial charge on any atom is -0.454 e. The van der Waals surface area contributed by atoms with Crippen molar-refractivity contribution < 1.29 is 13.9 Å². The number of halogens is 1. The maximum absolute atomic E-state index is 13.4. The Hall–Kier alpha value is -3.32. The first-order valence-electron chi connectivity index (χ1n) is 9.05. The maximum atomic E-state index is 13.4. The predicted molar refractivity (Wildman–Crippen MR) is 111 cm³/mol. The standard InChI is InChI=1S/C22H16FN3O2S/c23-15-5-3-4-14(10-15)12-29-22-25-18-7-2-1-6-17(18)21(26-22)24-16-8-9-19-20(11-16)28-13-27-19/h1-11H,12-13H2,(H,24,25,26). The van der Waals surface area contributed by atoms with Crippen molar-refractivity contribution >= 4 is 34.2 Å². The lowest BCUT2D eigenvalue weighted by Crippen LogP contribution is -1.99. The second kappa shape index (κ2) is 7.60. The molecule has 0 aliphatic carbocycles. The van der Waals surface area contributed by atoms with E-state index < -0.39 is 0 Å². The van der Waals surface area contributed by atoms with Crippen molar-refractivity contribution in [1.82, 2.24) is 9.97 Å². The highest BCUT2D eigenvalue weighted by Crippen LogP contribution is 2.36. The molecular formula is C22H16FN3O2S. The molecule has 0 saturated carbocycles. The summed E-state index contributed by atoms with van der Waals surface area (Å²) in [6.45, 7) is 0.232. The zero-order valence-electron chi connectivity index (χ0n) is 15.3. The summed E-state index contributed by atoms with van der Waals surface area (Å²) in [5.41, 5.74) is 2.57. The van der Waals surface area contributed by atoms with Crippen molar-refractivity contribution in [1.29, 1.82) is 0 Å². The highest BCUT2D eigenvalue weighted by atomic mass is 32.2. The quantitative estimate of drug-likeness (QED) is 0.348. The normalized spacial score (nSPS) is 12.3. The summed E-state index contributed by atoms with van der Waals surface area (Å²) >= 11 is 1.47. The number of aromatic nitrogens is 2. The van der Waals surface area contributed by atoms with E-state index in [4.69, 9.17) is 14.5 Å². The first-order chi connectivity index (χ1) is 14.2. The lowest BCUT2D eigenvalue weighted by atomic mass is 10.2. The second-order valence-corrected chi connectivity index (χ2v) is 7.43. The summed E-state index contributed by atoms with van der Waals surface area (Å²) in [5, 5.41) is 4.90. The van der Waals surface area contributed by atoms with E-state index in [0.717, 1.165) is 27.9 Å². The molecule has 29 heavy (non-hydrogen) atoms. The van der Waals surface area contributed by atoms with Gasteiger partial charge in [-0.3, -0.25) is 0 Å². The molecule has 144 valence electrons. The molecule has 1 N–H and O–H groups in total. The lowest BCUT2D eigenvalue weighted by Gasteiger charge is -2.11. The van der Waals surface area contributed by atoms with Crippen molar-refractivity contribution in [2.24, 2.45) is 0 Å². The van der Waals surface area contributed by atoms with Gasteiger partial charge in [-0.15, -0.1) is 0 Å². The molecule has 0 spiro atoms. The van der Waals surface area contributed by atoms with Gasteiger partial charge in [-0.2, -0.15) is 0 Å². The van der Waals surface area contributed by atoms with Gasteiger partial charge < -0.3 is 14.8 Å². The Bertz CT molecular complexity index is 1200. The molecule has 0 saturated heterocycles. The Morgan fingerprint density at radius 2 is 1.83 bits per heavy atom. The summed E-state index contributed by atoms with van der Waals surface area (Å²) in [6.07, 6.45) is 0. The van der Waals surface area contributed by atoms with Gasteiger partial charge in [0.15, 0.2) is 16.7 Å². The zero-order valence-corrected chi connectivity index (χ0v) is 16.1. The van der Waals surface area contributed by atoms with Crippen LogP contribution in [-0.4, -0.2) is 16.8 Å². The van der Waals surface area contributed by atoms with E-state index in [2.05, 4.69) is 10.3 Å². The Morgan fingerprint density at radius 1 is 0.931 bits per heavy atom. The fourth-order valence-corrected chi connectivity index (χ4v) is 3.89. The molecule has 2 heterocycles. The SMILES string of the molecule is Fc1cccc(CSc2nc(Nc3ccc4c(c3)OCO4)c3ccccc3n2)c1. The highest BCUT2D eigenvalue weighted by Gasteiger charge is 2.15. The summed E-state index contributed by atoms with van der Waals surface area (Å²) < 4.78 is 24.3. The molecule has 4 aromatic rings. The van der Waals surface area contributed by atoms with E-state index in [1.165, 1.54) is 23.9 Å². The average molecular weight is 405 g/mol. The summed E-state index contributed by atoms with van der Waals surface area (Å²) in [7, 11) is 0. The van der Waals surface area contributed by atoms with Crippen LogP contribution in [0, 0.1) is 5.82 Å². The van der Waals surface area contributed by atoms with Gasteiger partial charge in [0.05, 0.1) is 5.52 Å². The summed E-state index contributed by atoms with van der Waals surface area (Å²) in [4.78, 5) is 9.35. The summed E-state index contributed by atoms with van der Waals surface area (Å²) in [6, 6.07) is 20.1. The molecule has 0 atom stereocenters. The number of para-hydroxylation sites is 1. The lowest BCUT2D eigenvalue weighted by molar-refractivity contribution is 0.174. The van der Waals surface area contributed by atoms with Gasteiger partial charge in [0.2, 0.25) is 6.79 Å². The third-order valence-electron chi connectivity index (χ3n) is 4.47. The Labute approximate surface area is 170 Å². The molecule has 0 fully saturated rings. The Morgan fingerprint density at radius 3 is 2.76 bits per heavy atom.